The fraction of sp³-hybridized carbons (Fsp3) is 0.167. The number of aryl methyl sites for hydroxylation is 4. The first-order valence-electron chi connectivity index (χ1n) is 15.5. The van der Waals surface area contributed by atoms with Crippen LogP contribution in [0.5, 0.6) is 0 Å². The fourth-order valence-electron chi connectivity index (χ4n) is 5.87. The molecule has 4 heterocycles. The molecule has 0 saturated carbocycles. The van der Waals surface area contributed by atoms with Gasteiger partial charge in [-0.05, 0) is 80.3 Å². The third-order valence-electron chi connectivity index (χ3n) is 8.19. The van der Waals surface area contributed by atoms with E-state index >= 15 is 0 Å². The summed E-state index contributed by atoms with van der Waals surface area (Å²) in [4.78, 5) is 41.9. The van der Waals surface area contributed by atoms with Crippen LogP contribution in [-0.2, 0) is 12.4 Å². The molecule has 4 aromatic rings. The van der Waals surface area contributed by atoms with Gasteiger partial charge in [0.15, 0.2) is 34.9 Å². The summed E-state index contributed by atoms with van der Waals surface area (Å²) in [6.45, 7) is 14.4. The zero-order valence-electron chi connectivity index (χ0n) is 28.1. The number of halogens is 6. The zero-order chi connectivity index (χ0) is 38.9. The molecule has 0 atom stereocenters. The first-order chi connectivity index (χ1) is 25.5. The second-order valence-corrected chi connectivity index (χ2v) is 12.2. The maximum absolute atomic E-state index is 14.0. The molecular weight excluding hydrogens is 714 g/mol. The van der Waals surface area contributed by atoms with Crippen LogP contribution in [-0.4, -0.2) is 15.0 Å². The number of nitriles is 2. The molecule has 54 heavy (non-hydrogen) atoms. The average molecular weight is 733 g/mol. The van der Waals surface area contributed by atoms with Crippen molar-refractivity contribution in [3.05, 3.63) is 148 Å². The summed E-state index contributed by atoms with van der Waals surface area (Å²) in [6.07, 6.45) is -9.52. The van der Waals surface area contributed by atoms with Crippen molar-refractivity contribution >= 4 is 16.8 Å². The van der Waals surface area contributed by atoms with Crippen LogP contribution in [0.4, 0.5) is 26.3 Å². The predicted molar refractivity (Wildman–Crippen MR) is 174 cm³/mol. The van der Waals surface area contributed by atoms with Crippen molar-refractivity contribution in [1.82, 2.24) is 15.0 Å². The highest BCUT2D eigenvalue weighted by atomic mass is 19.4. The van der Waals surface area contributed by atoms with Gasteiger partial charge in [0, 0.05) is 0 Å². The lowest BCUT2D eigenvalue weighted by Crippen LogP contribution is -2.31. The van der Waals surface area contributed by atoms with Crippen LogP contribution in [0.1, 0.15) is 50.9 Å². The van der Waals surface area contributed by atoms with Gasteiger partial charge in [-0.15, -0.1) is 0 Å². The van der Waals surface area contributed by atoms with Crippen molar-refractivity contribution in [2.45, 2.75) is 40.0 Å². The van der Waals surface area contributed by atoms with Crippen LogP contribution in [0, 0.1) is 56.9 Å². The Morgan fingerprint density at radius 3 is 1.56 bits per heavy atom. The molecule has 3 aliphatic heterocycles. The van der Waals surface area contributed by atoms with Crippen molar-refractivity contribution in [3.63, 3.8) is 0 Å². The van der Waals surface area contributed by atoms with E-state index in [0.717, 1.165) is 29.3 Å². The van der Waals surface area contributed by atoms with Gasteiger partial charge in [0.2, 0.25) is 0 Å². The van der Waals surface area contributed by atoms with Crippen LogP contribution in [0.3, 0.4) is 0 Å². The van der Waals surface area contributed by atoms with E-state index in [1.807, 2.05) is 25.1 Å². The molecule has 0 amide bonds. The molecule has 12 nitrogen and oxygen atoms in total. The normalized spacial score (nSPS) is 16.7. The van der Waals surface area contributed by atoms with E-state index in [1.54, 1.807) is 13.0 Å². The molecule has 1 aromatic heterocycles. The second-order valence-electron chi connectivity index (χ2n) is 12.2. The number of alkyl halides is 6. The highest BCUT2D eigenvalue weighted by molar-refractivity contribution is 5.81. The number of hydrogen-bond acceptors (Lipinski definition) is 11. The summed E-state index contributed by atoms with van der Waals surface area (Å²) in [5.41, 5.74) is -1.54. The zero-order valence-corrected chi connectivity index (χ0v) is 28.1. The second kappa shape index (κ2) is 12.5. The first-order valence-corrected chi connectivity index (χ1v) is 15.5. The number of hydrogen-bond donors (Lipinski definition) is 0. The van der Waals surface area contributed by atoms with Gasteiger partial charge in [0.05, 0.1) is 44.5 Å². The lowest BCUT2D eigenvalue weighted by atomic mass is 10.1. The van der Waals surface area contributed by atoms with E-state index in [1.165, 1.54) is 19.9 Å². The summed E-state index contributed by atoms with van der Waals surface area (Å²) in [7, 11) is 0. The van der Waals surface area contributed by atoms with Gasteiger partial charge in [-0.1, -0.05) is 6.07 Å². The number of benzene rings is 3. The summed E-state index contributed by atoms with van der Waals surface area (Å²) < 4.78 is 82.7. The van der Waals surface area contributed by atoms with Gasteiger partial charge in [-0.2, -0.15) is 36.9 Å². The Labute approximate surface area is 298 Å². The summed E-state index contributed by atoms with van der Waals surface area (Å²) in [6, 6.07) is 11.3. The Morgan fingerprint density at radius 2 is 1.04 bits per heavy atom. The highest BCUT2D eigenvalue weighted by Gasteiger charge is 2.35. The molecule has 264 valence electrons. The Bertz CT molecular complexity index is 3040. The molecule has 18 heteroatoms. The van der Waals surface area contributed by atoms with Crippen molar-refractivity contribution in [2.24, 2.45) is 30.0 Å². The lowest BCUT2D eigenvalue weighted by Gasteiger charge is -2.07. The van der Waals surface area contributed by atoms with Crippen LogP contribution in [0.15, 0.2) is 83.8 Å². The predicted octanol–water partition coefficient (Wildman–Crippen LogP) is 3.93. The molecule has 3 aromatic carbocycles. The van der Waals surface area contributed by atoms with E-state index in [9.17, 15) is 36.9 Å². The molecule has 0 saturated heterocycles. The van der Waals surface area contributed by atoms with Gasteiger partial charge in [-0.25, -0.2) is 49.8 Å². The minimum absolute atomic E-state index is 0.0492. The molecule has 0 radical (unpaired) electrons. The van der Waals surface area contributed by atoms with Crippen molar-refractivity contribution < 1.29 is 26.3 Å². The number of aromatic nitrogens is 3. The van der Waals surface area contributed by atoms with Gasteiger partial charge in [0.25, 0.3) is 5.70 Å². The Kier molecular flexibility index (Phi) is 8.11. The maximum atomic E-state index is 14.0. The van der Waals surface area contributed by atoms with Crippen molar-refractivity contribution in [3.8, 4) is 12.1 Å². The largest absolute Gasteiger partial charge is 0.418 e. The summed E-state index contributed by atoms with van der Waals surface area (Å²) >= 11 is 0. The third kappa shape index (κ3) is 6.07. The minimum atomic E-state index is -4.81. The monoisotopic (exact) mass is 732 g/mol. The average Bonchev–Trinajstić information content (AvgIpc) is 3.82. The SMILES string of the molecule is [C-]#[N+]/C(=C1\N=c2cc(C)cc(C(F)(F)F)c2=N1)c1nc(/C(C#N)=C2/N=c3cc(C)cc(C)c3=N2)nc(/C(C#N)=C2/N=c3cc(C(F)(F)F)cc(C)c3=N2)n1. The van der Waals surface area contributed by atoms with Gasteiger partial charge < -0.3 is 0 Å². The molecule has 0 fully saturated rings. The molecule has 0 N–H and O–H groups in total. The topological polar surface area (TPSA) is 165 Å². The third-order valence-corrected chi connectivity index (χ3v) is 8.19. The molecule has 0 spiro atoms. The molecule has 3 aliphatic rings. The van der Waals surface area contributed by atoms with Gasteiger partial charge in [0.1, 0.15) is 28.6 Å². The quantitative estimate of drug-likeness (QED) is 0.177. The number of fused-ring (bicyclic) bond motifs is 3. The minimum Gasteiger partial charge on any atom is -0.238 e. The van der Waals surface area contributed by atoms with Gasteiger partial charge >= 0.3 is 12.4 Å². The maximum Gasteiger partial charge on any atom is 0.418 e. The van der Waals surface area contributed by atoms with Crippen LogP contribution < -0.4 is 32.1 Å². The van der Waals surface area contributed by atoms with E-state index in [0.29, 0.717) is 10.7 Å². The Morgan fingerprint density at radius 1 is 0.574 bits per heavy atom. The molecule has 0 aliphatic carbocycles. The Hall–Kier alpha value is -7.26. The standard InChI is InChI=1S/C36H18F6N12/c1-14-6-16(3)25-22(8-14)46-29(49-25)19(12-43)31-52-32(20(13-44)30-47-24-11-18(35(37,38)39)10-17(4)26(24)50-30)54-34(53-31)28(45-5)33-48-23-9-15(2)7-21(27(23)51-33)36(40,41)42/h6-11H,1-4H3/b29-19-,30-20-,33-28+. The molecular formula is C36H18F6N12. The first kappa shape index (κ1) is 35.2. The number of allylic oxidation sites excluding steroid dienone is 2. The fourth-order valence-corrected chi connectivity index (χ4v) is 5.87. The molecule has 7 rings (SSSR count). The van der Waals surface area contributed by atoms with E-state index < -0.39 is 63.4 Å². The van der Waals surface area contributed by atoms with Crippen LogP contribution >= 0.6 is 0 Å². The van der Waals surface area contributed by atoms with Gasteiger partial charge in [-0.3, -0.25) is 0 Å². The lowest BCUT2D eigenvalue weighted by molar-refractivity contribution is -0.139. The van der Waals surface area contributed by atoms with Crippen molar-refractivity contribution in [1.29, 1.82) is 10.5 Å². The van der Waals surface area contributed by atoms with Crippen LogP contribution in [0.2, 0.25) is 0 Å². The van der Waals surface area contributed by atoms with E-state index in [4.69, 9.17) is 6.57 Å². The molecule has 0 unspecified atom stereocenters. The summed E-state index contributed by atoms with van der Waals surface area (Å²) in [5, 5.41) is 20.8. The number of nitrogens with zero attached hydrogens (tertiary/aromatic N) is 12. The Balaban J connectivity index is 1.52. The van der Waals surface area contributed by atoms with Crippen molar-refractivity contribution in [2.75, 3.05) is 0 Å². The smallest absolute Gasteiger partial charge is 0.238 e. The van der Waals surface area contributed by atoms with E-state index in [2.05, 4.69) is 49.8 Å². The molecule has 0 bridgehead atoms. The summed E-state index contributed by atoms with van der Waals surface area (Å²) in [5.74, 6) is -2.54. The van der Waals surface area contributed by atoms with E-state index in [-0.39, 0.29) is 44.4 Å². The van der Waals surface area contributed by atoms with Crippen LogP contribution in [0.25, 0.3) is 21.7 Å². The highest BCUT2D eigenvalue weighted by Crippen LogP contribution is 2.31. The number of rotatable bonds is 3.